The third-order valence-corrected chi connectivity index (χ3v) is 3.50. The molecule has 1 aromatic carbocycles. The van der Waals surface area contributed by atoms with Crippen molar-refractivity contribution < 1.29 is 0 Å². The average Bonchev–Trinajstić information content (AvgIpc) is 2.42. The monoisotopic (exact) mass is 247 g/mol. The zero-order valence-electron chi connectivity index (χ0n) is 12.3. The van der Waals surface area contributed by atoms with Crippen LogP contribution in [0.4, 0.5) is 0 Å². The predicted molar refractivity (Wildman–Crippen MR) is 81.1 cm³/mol. The van der Waals surface area contributed by atoms with Gasteiger partial charge in [0.25, 0.3) is 0 Å². The van der Waals surface area contributed by atoms with Crippen LogP contribution in [0.2, 0.25) is 0 Å². The van der Waals surface area contributed by atoms with Gasteiger partial charge < -0.3 is 5.32 Å². The number of hydrogen-bond acceptors (Lipinski definition) is 1. The second-order valence-electron chi connectivity index (χ2n) is 5.17. The molecule has 0 saturated carbocycles. The maximum absolute atomic E-state index is 3.68. The van der Waals surface area contributed by atoms with E-state index in [1.54, 1.807) is 0 Å². The molecule has 0 heterocycles. The SMILES string of the molecule is CCCCC(Cc1ccc(CC)cc1)NCCC. The van der Waals surface area contributed by atoms with Gasteiger partial charge in [0.2, 0.25) is 0 Å². The van der Waals surface area contributed by atoms with E-state index >= 15 is 0 Å². The molecule has 1 atom stereocenters. The molecule has 0 aliphatic carbocycles. The summed E-state index contributed by atoms with van der Waals surface area (Å²) in [5.41, 5.74) is 2.90. The van der Waals surface area contributed by atoms with Crippen LogP contribution in [0.3, 0.4) is 0 Å². The van der Waals surface area contributed by atoms with Crippen molar-refractivity contribution in [3.05, 3.63) is 35.4 Å². The highest BCUT2D eigenvalue weighted by atomic mass is 14.9. The highest BCUT2D eigenvalue weighted by Gasteiger charge is 2.08. The van der Waals surface area contributed by atoms with Gasteiger partial charge in [-0.05, 0) is 43.4 Å². The molecule has 0 amide bonds. The van der Waals surface area contributed by atoms with Crippen molar-refractivity contribution in [3.8, 4) is 0 Å². The van der Waals surface area contributed by atoms with Crippen LogP contribution in [0, 0.1) is 0 Å². The van der Waals surface area contributed by atoms with Gasteiger partial charge in [0.1, 0.15) is 0 Å². The van der Waals surface area contributed by atoms with E-state index in [0.29, 0.717) is 6.04 Å². The van der Waals surface area contributed by atoms with Gasteiger partial charge in [-0.2, -0.15) is 0 Å². The van der Waals surface area contributed by atoms with E-state index in [9.17, 15) is 0 Å². The molecule has 0 aromatic heterocycles. The Balaban J connectivity index is 2.51. The van der Waals surface area contributed by atoms with Crippen molar-refractivity contribution in [2.45, 2.75) is 65.3 Å². The lowest BCUT2D eigenvalue weighted by molar-refractivity contribution is 0.462. The Kier molecular flexibility index (Phi) is 7.75. The van der Waals surface area contributed by atoms with Crippen LogP contribution in [0.15, 0.2) is 24.3 Å². The van der Waals surface area contributed by atoms with Crippen molar-refractivity contribution in [2.75, 3.05) is 6.54 Å². The minimum Gasteiger partial charge on any atom is -0.314 e. The normalized spacial score (nSPS) is 12.6. The van der Waals surface area contributed by atoms with Crippen molar-refractivity contribution in [2.24, 2.45) is 0 Å². The largest absolute Gasteiger partial charge is 0.314 e. The first-order valence-corrected chi connectivity index (χ1v) is 7.61. The maximum Gasteiger partial charge on any atom is 0.0107 e. The molecule has 0 aliphatic heterocycles. The lowest BCUT2D eigenvalue weighted by atomic mass is 9.99. The van der Waals surface area contributed by atoms with Crippen LogP contribution >= 0.6 is 0 Å². The molecule has 1 nitrogen and oxygen atoms in total. The van der Waals surface area contributed by atoms with E-state index in [1.165, 1.54) is 43.2 Å². The van der Waals surface area contributed by atoms with Gasteiger partial charge in [-0.15, -0.1) is 0 Å². The number of nitrogens with one attached hydrogen (secondary N) is 1. The van der Waals surface area contributed by atoms with Gasteiger partial charge in [-0.1, -0.05) is 57.9 Å². The quantitative estimate of drug-likeness (QED) is 0.684. The van der Waals surface area contributed by atoms with Gasteiger partial charge >= 0.3 is 0 Å². The summed E-state index contributed by atoms with van der Waals surface area (Å²) >= 11 is 0. The molecule has 1 rings (SSSR count). The summed E-state index contributed by atoms with van der Waals surface area (Å²) in [7, 11) is 0. The van der Waals surface area contributed by atoms with E-state index in [-0.39, 0.29) is 0 Å². The Labute approximate surface area is 113 Å². The topological polar surface area (TPSA) is 12.0 Å². The number of unbranched alkanes of at least 4 members (excludes halogenated alkanes) is 1. The fourth-order valence-electron chi connectivity index (χ4n) is 2.27. The van der Waals surface area contributed by atoms with E-state index in [1.807, 2.05) is 0 Å². The predicted octanol–water partition coefficient (Wildman–Crippen LogP) is 4.35. The molecule has 0 fully saturated rings. The van der Waals surface area contributed by atoms with Crippen LogP contribution in [0.1, 0.15) is 57.6 Å². The highest BCUT2D eigenvalue weighted by Crippen LogP contribution is 2.11. The third-order valence-electron chi connectivity index (χ3n) is 3.50. The third kappa shape index (κ3) is 5.68. The lowest BCUT2D eigenvalue weighted by Crippen LogP contribution is -2.31. The van der Waals surface area contributed by atoms with Crippen LogP contribution in [0.25, 0.3) is 0 Å². The fraction of sp³-hybridized carbons (Fsp3) is 0.647. The molecule has 0 bridgehead atoms. The number of benzene rings is 1. The van der Waals surface area contributed by atoms with Crippen molar-refractivity contribution in [3.63, 3.8) is 0 Å². The highest BCUT2D eigenvalue weighted by molar-refractivity contribution is 5.23. The summed E-state index contributed by atoms with van der Waals surface area (Å²) in [6, 6.07) is 9.78. The Hall–Kier alpha value is -0.820. The van der Waals surface area contributed by atoms with E-state index in [2.05, 4.69) is 50.4 Å². The van der Waals surface area contributed by atoms with Gasteiger partial charge in [0, 0.05) is 6.04 Å². The molecule has 1 aromatic rings. The first kappa shape index (κ1) is 15.2. The minimum absolute atomic E-state index is 0.650. The summed E-state index contributed by atoms with van der Waals surface area (Å²) < 4.78 is 0. The summed E-state index contributed by atoms with van der Waals surface area (Å²) in [6.07, 6.45) is 7.44. The van der Waals surface area contributed by atoms with Gasteiger partial charge in [-0.3, -0.25) is 0 Å². The zero-order valence-corrected chi connectivity index (χ0v) is 12.3. The van der Waals surface area contributed by atoms with Crippen molar-refractivity contribution in [1.82, 2.24) is 5.32 Å². The molecule has 1 unspecified atom stereocenters. The second-order valence-corrected chi connectivity index (χ2v) is 5.17. The van der Waals surface area contributed by atoms with E-state index < -0.39 is 0 Å². The Morgan fingerprint density at radius 3 is 2.17 bits per heavy atom. The first-order chi connectivity index (χ1) is 8.80. The molecule has 18 heavy (non-hydrogen) atoms. The Morgan fingerprint density at radius 1 is 0.944 bits per heavy atom. The van der Waals surface area contributed by atoms with Gasteiger partial charge in [-0.25, -0.2) is 0 Å². The number of rotatable bonds is 9. The van der Waals surface area contributed by atoms with Crippen molar-refractivity contribution in [1.29, 1.82) is 0 Å². The summed E-state index contributed by atoms with van der Waals surface area (Å²) in [5, 5.41) is 3.68. The van der Waals surface area contributed by atoms with Gasteiger partial charge in [0.05, 0.1) is 0 Å². The average molecular weight is 247 g/mol. The smallest absolute Gasteiger partial charge is 0.0107 e. The van der Waals surface area contributed by atoms with E-state index in [4.69, 9.17) is 0 Å². The lowest BCUT2D eigenvalue weighted by Gasteiger charge is -2.18. The molecule has 0 saturated heterocycles. The second kappa shape index (κ2) is 9.16. The molecule has 1 N–H and O–H groups in total. The molecule has 0 spiro atoms. The minimum atomic E-state index is 0.650. The molecule has 1 heteroatoms. The zero-order chi connectivity index (χ0) is 13.2. The van der Waals surface area contributed by atoms with Crippen LogP contribution in [-0.2, 0) is 12.8 Å². The maximum atomic E-state index is 3.68. The van der Waals surface area contributed by atoms with Gasteiger partial charge in [0.15, 0.2) is 0 Å². The van der Waals surface area contributed by atoms with Crippen LogP contribution in [-0.4, -0.2) is 12.6 Å². The summed E-state index contributed by atoms with van der Waals surface area (Å²) in [6.45, 7) is 7.86. The Morgan fingerprint density at radius 2 is 1.61 bits per heavy atom. The standard InChI is InChI=1S/C17H29N/c1-4-7-8-17(18-13-5-2)14-16-11-9-15(6-3)10-12-16/h9-12,17-18H,4-8,13-14H2,1-3H3. The number of aryl methyl sites for hydroxylation is 1. The van der Waals surface area contributed by atoms with E-state index in [0.717, 1.165) is 13.0 Å². The summed E-state index contributed by atoms with van der Waals surface area (Å²) in [5.74, 6) is 0. The Bertz CT molecular complexity index is 294. The molecule has 0 radical (unpaired) electrons. The molecular formula is C17H29N. The molecule has 0 aliphatic rings. The van der Waals surface area contributed by atoms with Crippen molar-refractivity contribution >= 4 is 0 Å². The summed E-state index contributed by atoms with van der Waals surface area (Å²) in [4.78, 5) is 0. The molecular weight excluding hydrogens is 218 g/mol. The van der Waals surface area contributed by atoms with Crippen LogP contribution in [0.5, 0.6) is 0 Å². The van der Waals surface area contributed by atoms with Crippen LogP contribution < -0.4 is 5.32 Å². The fourth-order valence-corrected chi connectivity index (χ4v) is 2.27. The first-order valence-electron chi connectivity index (χ1n) is 7.61. The molecule has 102 valence electrons. The number of hydrogen-bond donors (Lipinski definition) is 1.